The van der Waals surface area contributed by atoms with Gasteiger partial charge in [0, 0.05) is 50.7 Å². The molecule has 1 aromatic heterocycles. The average molecular weight is 421 g/mol. The van der Waals surface area contributed by atoms with Crippen LogP contribution in [0.3, 0.4) is 0 Å². The molecule has 0 radical (unpaired) electrons. The van der Waals surface area contributed by atoms with Gasteiger partial charge < -0.3 is 15.5 Å². The molecular formula is C20H22F3N5O2. The van der Waals surface area contributed by atoms with Crippen LogP contribution in [0.1, 0.15) is 12.5 Å². The van der Waals surface area contributed by atoms with E-state index in [9.17, 15) is 22.8 Å². The minimum Gasteiger partial charge on any atom is -0.354 e. The Morgan fingerprint density at radius 1 is 0.967 bits per heavy atom. The molecule has 2 heterocycles. The number of pyridine rings is 1. The highest BCUT2D eigenvalue weighted by atomic mass is 19.4. The number of benzene rings is 1. The minimum absolute atomic E-state index is 0.164. The number of carbonyl (C=O) groups is 2. The quantitative estimate of drug-likeness (QED) is 0.777. The molecule has 1 aliphatic heterocycles. The van der Waals surface area contributed by atoms with Gasteiger partial charge in [-0.2, -0.15) is 13.2 Å². The van der Waals surface area contributed by atoms with Crippen LogP contribution in [0.2, 0.25) is 0 Å². The van der Waals surface area contributed by atoms with Crippen molar-refractivity contribution >= 4 is 29.0 Å². The first-order valence-electron chi connectivity index (χ1n) is 9.39. The number of halogens is 3. The van der Waals surface area contributed by atoms with Gasteiger partial charge in [0.1, 0.15) is 5.82 Å². The second-order valence-corrected chi connectivity index (χ2v) is 6.97. The number of rotatable bonds is 5. The molecule has 1 saturated heterocycles. The molecule has 0 spiro atoms. The molecule has 1 aromatic carbocycles. The predicted octanol–water partition coefficient (Wildman–Crippen LogP) is 2.82. The molecule has 3 rings (SSSR count). The van der Waals surface area contributed by atoms with Crippen molar-refractivity contribution in [3.8, 4) is 0 Å². The van der Waals surface area contributed by atoms with E-state index in [-0.39, 0.29) is 18.4 Å². The van der Waals surface area contributed by atoms with E-state index in [1.54, 1.807) is 24.3 Å². The number of hydrogen-bond acceptors (Lipinski definition) is 5. The second-order valence-electron chi connectivity index (χ2n) is 6.97. The Hall–Kier alpha value is -3.14. The van der Waals surface area contributed by atoms with Gasteiger partial charge in [0.2, 0.25) is 11.8 Å². The van der Waals surface area contributed by atoms with Gasteiger partial charge in [0.05, 0.1) is 12.1 Å². The lowest BCUT2D eigenvalue weighted by Crippen LogP contribution is -2.48. The highest BCUT2D eigenvalue weighted by molar-refractivity contribution is 5.93. The first kappa shape index (κ1) is 21.6. The number of aromatic nitrogens is 1. The van der Waals surface area contributed by atoms with Crippen molar-refractivity contribution in [2.75, 3.05) is 48.3 Å². The van der Waals surface area contributed by atoms with Crippen LogP contribution >= 0.6 is 0 Å². The van der Waals surface area contributed by atoms with E-state index in [1.165, 1.54) is 13.0 Å². The van der Waals surface area contributed by atoms with Gasteiger partial charge in [-0.25, -0.2) is 4.98 Å². The topological polar surface area (TPSA) is 77.6 Å². The van der Waals surface area contributed by atoms with Crippen molar-refractivity contribution in [3.63, 3.8) is 0 Å². The normalized spacial score (nSPS) is 15.0. The minimum atomic E-state index is -4.40. The zero-order valence-electron chi connectivity index (χ0n) is 16.4. The maximum absolute atomic E-state index is 12.6. The second kappa shape index (κ2) is 9.12. The monoisotopic (exact) mass is 421 g/mol. The highest BCUT2D eigenvalue weighted by Crippen LogP contribution is 2.29. The predicted molar refractivity (Wildman–Crippen MR) is 107 cm³/mol. The Morgan fingerprint density at radius 3 is 2.07 bits per heavy atom. The maximum Gasteiger partial charge on any atom is 0.417 e. The van der Waals surface area contributed by atoms with Gasteiger partial charge in [-0.3, -0.25) is 14.5 Å². The number of alkyl halides is 3. The Bertz CT molecular complexity index is 877. The molecule has 30 heavy (non-hydrogen) atoms. The van der Waals surface area contributed by atoms with Crippen molar-refractivity contribution in [3.05, 3.63) is 48.2 Å². The third-order valence-corrected chi connectivity index (χ3v) is 4.63. The fourth-order valence-corrected chi connectivity index (χ4v) is 3.12. The number of carbonyl (C=O) groups excluding carboxylic acids is 2. The Labute approximate surface area is 171 Å². The van der Waals surface area contributed by atoms with Crippen LogP contribution in [-0.2, 0) is 15.8 Å². The SMILES string of the molecule is CC(=O)Nc1ccc(NC(=O)CN2CCN(c3ccc(C(F)(F)F)cn3)CC2)cc1. The average Bonchev–Trinajstić information content (AvgIpc) is 2.69. The number of hydrogen-bond donors (Lipinski definition) is 2. The number of anilines is 3. The van der Waals surface area contributed by atoms with Gasteiger partial charge in [-0.05, 0) is 36.4 Å². The van der Waals surface area contributed by atoms with Crippen molar-refractivity contribution in [1.82, 2.24) is 9.88 Å². The van der Waals surface area contributed by atoms with Crippen molar-refractivity contribution in [1.29, 1.82) is 0 Å². The molecule has 7 nitrogen and oxygen atoms in total. The standard InChI is InChI=1S/C20H22F3N5O2/c1-14(29)25-16-3-5-17(6-4-16)26-19(30)13-27-8-10-28(11-9-27)18-7-2-15(12-24-18)20(21,22)23/h2-7,12H,8-11,13H2,1H3,(H,25,29)(H,26,30). The van der Waals surface area contributed by atoms with Crippen LogP contribution in [0.5, 0.6) is 0 Å². The lowest BCUT2D eigenvalue weighted by molar-refractivity contribution is -0.137. The Kier molecular flexibility index (Phi) is 6.56. The van der Waals surface area contributed by atoms with Gasteiger partial charge in [0.15, 0.2) is 0 Å². The molecule has 0 unspecified atom stereocenters. The molecule has 10 heteroatoms. The maximum atomic E-state index is 12.6. The number of piperazine rings is 1. The molecule has 0 aliphatic carbocycles. The zero-order chi connectivity index (χ0) is 21.7. The van der Waals surface area contributed by atoms with Crippen LogP contribution in [-0.4, -0.2) is 54.4 Å². The van der Waals surface area contributed by atoms with Gasteiger partial charge in [-0.15, -0.1) is 0 Å². The van der Waals surface area contributed by atoms with Gasteiger partial charge >= 0.3 is 6.18 Å². The summed E-state index contributed by atoms with van der Waals surface area (Å²) in [6.07, 6.45) is -3.56. The van der Waals surface area contributed by atoms with E-state index >= 15 is 0 Å². The molecule has 1 aliphatic rings. The first-order valence-corrected chi connectivity index (χ1v) is 9.39. The van der Waals surface area contributed by atoms with E-state index < -0.39 is 11.7 Å². The number of nitrogens with zero attached hydrogens (tertiary/aromatic N) is 3. The first-order chi connectivity index (χ1) is 14.2. The summed E-state index contributed by atoms with van der Waals surface area (Å²) in [4.78, 5) is 31.1. The van der Waals surface area contributed by atoms with E-state index in [1.807, 2.05) is 9.80 Å². The smallest absolute Gasteiger partial charge is 0.354 e. The number of nitrogens with one attached hydrogen (secondary N) is 2. The third kappa shape index (κ3) is 5.93. The summed E-state index contributed by atoms with van der Waals surface area (Å²) >= 11 is 0. The molecule has 2 aromatic rings. The van der Waals surface area contributed by atoms with Crippen molar-refractivity contribution < 1.29 is 22.8 Å². The van der Waals surface area contributed by atoms with Crippen LogP contribution < -0.4 is 15.5 Å². The zero-order valence-corrected chi connectivity index (χ0v) is 16.4. The summed E-state index contributed by atoms with van der Waals surface area (Å²) in [6.45, 7) is 3.95. The summed E-state index contributed by atoms with van der Waals surface area (Å²) in [5.74, 6) is 0.159. The van der Waals surface area contributed by atoms with E-state index in [4.69, 9.17) is 0 Å². The fourth-order valence-electron chi connectivity index (χ4n) is 3.12. The van der Waals surface area contributed by atoms with Crippen LogP contribution in [0, 0.1) is 0 Å². The highest BCUT2D eigenvalue weighted by Gasteiger charge is 2.31. The van der Waals surface area contributed by atoms with E-state index in [2.05, 4.69) is 15.6 Å². The largest absolute Gasteiger partial charge is 0.417 e. The molecule has 160 valence electrons. The van der Waals surface area contributed by atoms with E-state index in [0.717, 1.165) is 12.3 Å². The molecule has 2 amide bonds. The fraction of sp³-hybridized carbons (Fsp3) is 0.350. The summed E-state index contributed by atoms with van der Waals surface area (Å²) in [6, 6.07) is 9.21. The number of amides is 2. The van der Waals surface area contributed by atoms with Gasteiger partial charge in [-0.1, -0.05) is 0 Å². The molecule has 0 atom stereocenters. The Balaban J connectivity index is 1.46. The van der Waals surface area contributed by atoms with E-state index in [0.29, 0.717) is 43.4 Å². The van der Waals surface area contributed by atoms with Gasteiger partial charge in [0.25, 0.3) is 0 Å². The Morgan fingerprint density at radius 2 is 1.57 bits per heavy atom. The lowest BCUT2D eigenvalue weighted by atomic mass is 10.2. The van der Waals surface area contributed by atoms with Crippen molar-refractivity contribution in [2.45, 2.75) is 13.1 Å². The molecule has 0 saturated carbocycles. The van der Waals surface area contributed by atoms with Crippen LogP contribution in [0.4, 0.5) is 30.4 Å². The summed E-state index contributed by atoms with van der Waals surface area (Å²) in [7, 11) is 0. The molecule has 0 bridgehead atoms. The van der Waals surface area contributed by atoms with Crippen LogP contribution in [0.25, 0.3) is 0 Å². The lowest BCUT2D eigenvalue weighted by Gasteiger charge is -2.35. The summed E-state index contributed by atoms with van der Waals surface area (Å²) < 4.78 is 37.9. The summed E-state index contributed by atoms with van der Waals surface area (Å²) in [5, 5.41) is 5.46. The van der Waals surface area contributed by atoms with Crippen LogP contribution in [0.15, 0.2) is 42.6 Å². The molecular weight excluding hydrogens is 399 g/mol. The summed E-state index contributed by atoms with van der Waals surface area (Å²) in [5.41, 5.74) is 0.502. The van der Waals surface area contributed by atoms with Crippen molar-refractivity contribution in [2.24, 2.45) is 0 Å². The molecule has 2 N–H and O–H groups in total. The third-order valence-electron chi connectivity index (χ3n) is 4.63. The molecule has 1 fully saturated rings.